The monoisotopic (exact) mass is 452 g/mol. The Kier molecular flexibility index (Phi) is 8.25. The van der Waals surface area contributed by atoms with Crippen LogP contribution in [-0.4, -0.2) is 72.3 Å². The molecule has 1 saturated heterocycles. The van der Waals surface area contributed by atoms with Crippen molar-refractivity contribution in [1.82, 2.24) is 9.80 Å². The van der Waals surface area contributed by atoms with Crippen molar-refractivity contribution in [2.45, 2.75) is 32.7 Å². The van der Waals surface area contributed by atoms with Gasteiger partial charge in [-0.1, -0.05) is 30.7 Å². The summed E-state index contributed by atoms with van der Waals surface area (Å²) in [6.07, 6.45) is 2.01. The molecule has 0 aliphatic carbocycles. The van der Waals surface area contributed by atoms with Gasteiger partial charge in [0.1, 0.15) is 6.17 Å². The lowest BCUT2D eigenvalue weighted by Crippen LogP contribution is -2.55. The average Bonchev–Trinajstić information content (AvgIpc) is 2.71. The fourth-order valence-electron chi connectivity index (χ4n) is 3.90. The summed E-state index contributed by atoms with van der Waals surface area (Å²) in [6.45, 7) is 7.19. The Labute approximate surface area is 187 Å². The molecule has 0 saturated carbocycles. The topological polar surface area (TPSA) is 62.2 Å². The molecule has 0 aromatic heterocycles. The molecule has 2 aliphatic heterocycles. The van der Waals surface area contributed by atoms with E-state index in [2.05, 4.69) is 15.9 Å². The summed E-state index contributed by atoms with van der Waals surface area (Å²) in [7, 11) is 1.68. The molecule has 0 amide bonds. The molecule has 164 valence electrons. The third-order valence-electron chi connectivity index (χ3n) is 5.25. The van der Waals surface area contributed by atoms with Crippen molar-refractivity contribution in [2.75, 3.05) is 39.2 Å². The zero-order chi connectivity index (χ0) is 21.7. The number of methoxy groups -OCH3 is 1. The molecular weight excluding hydrogens is 424 g/mol. The fraction of sp³-hybridized carbons (Fsp3) is 0.500. The SMILES string of the molecule is CCSC1=C(C(=O)O)C(C)=CC(N2CCO[C@@H](COC)C2)N1Cc1ccc(Cl)cc1. The van der Waals surface area contributed by atoms with Crippen LogP contribution in [0.1, 0.15) is 19.4 Å². The van der Waals surface area contributed by atoms with Crippen LogP contribution in [0.4, 0.5) is 0 Å². The Morgan fingerprint density at radius 2 is 2.10 bits per heavy atom. The Hall–Kier alpha value is -1.51. The molecule has 2 heterocycles. The molecule has 1 aromatic rings. The number of ether oxygens (including phenoxy) is 2. The van der Waals surface area contributed by atoms with Gasteiger partial charge in [-0.25, -0.2) is 4.79 Å². The number of carboxylic acids is 1. The summed E-state index contributed by atoms with van der Waals surface area (Å²) >= 11 is 7.64. The van der Waals surface area contributed by atoms with E-state index in [-0.39, 0.29) is 12.3 Å². The first kappa shape index (κ1) is 23.2. The van der Waals surface area contributed by atoms with Gasteiger partial charge in [0.05, 0.1) is 29.9 Å². The largest absolute Gasteiger partial charge is 0.478 e. The van der Waals surface area contributed by atoms with Gasteiger partial charge < -0.3 is 19.5 Å². The van der Waals surface area contributed by atoms with Crippen molar-refractivity contribution < 1.29 is 19.4 Å². The minimum atomic E-state index is -0.890. The molecule has 0 spiro atoms. The second-order valence-electron chi connectivity index (χ2n) is 7.38. The van der Waals surface area contributed by atoms with E-state index in [1.54, 1.807) is 18.9 Å². The quantitative estimate of drug-likeness (QED) is 0.643. The number of nitrogens with zero attached hydrogens (tertiary/aromatic N) is 2. The molecular formula is C22H29ClN2O4S. The van der Waals surface area contributed by atoms with Gasteiger partial charge >= 0.3 is 5.97 Å². The van der Waals surface area contributed by atoms with Crippen molar-refractivity contribution in [3.05, 3.63) is 57.1 Å². The van der Waals surface area contributed by atoms with Crippen molar-refractivity contribution in [1.29, 1.82) is 0 Å². The highest BCUT2D eigenvalue weighted by Gasteiger charge is 2.36. The van der Waals surface area contributed by atoms with Crippen molar-refractivity contribution in [3.63, 3.8) is 0 Å². The van der Waals surface area contributed by atoms with Crippen LogP contribution < -0.4 is 0 Å². The van der Waals surface area contributed by atoms with E-state index in [0.717, 1.165) is 35.0 Å². The summed E-state index contributed by atoms with van der Waals surface area (Å²) in [6, 6.07) is 7.72. The summed E-state index contributed by atoms with van der Waals surface area (Å²) in [5, 5.41) is 11.4. The zero-order valence-corrected chi connectivity index (χ0v) is 19.2. The molecule has 30 heavy (non-hydrogen) atoms. The molecule has 1 unspecified atom stereocenters. The smallest absolute Gasteiger partial charge is 0.338 e. The molecule has 0 radical (unpaired) electrons. The van der Waals surface area contributed by atoms with Gasteiger partial charge in [-0.15, -0.1) is 11.8 Å². The maximum atomic E-state index is 12.1. The number of hydrogen-bond acceptors (Lipinski definition) is 6. The summed E-state index contributed by atoms with van der Waals surface area (Å²) in [5.74, 6) is -0.1000. The summed E-state index contributed by atoms with van der Waals surface area (Å²) in [5.41, 5.74) is 2.26. The number of carboxylic acid groups (broad SMARTS) is 1. The molecule has 1 fully saturated rings. The molecule has 8 heteroatoms. The van der Waals surface area contributed by atoms with E-state index in [4.69, 9.17) is 21.1 Å². The lowest BCUT2D eigenvalue weighted by molar-refractivity contribution is -0.132. The average molecular weight is 453 g/mol. The molecule has 0 bridgehead atoms. The first-order chi connectivity index (χ1) is 14.4. The first-order valence-corrected chi connectivity index (χ1v) is 11.5. The van der Waals surface area contributed by atoms with Gasteiger partial charge in [0, 0.05) is 31.8 Å². The van der Waals surface area contributed by atoms with Crippen LogP contribution in [0.2, 0.25) is 5.02 Å². The normalized spacial score (nSPS) is 22.9. The third-order valence-corrected chi connectivity index (χ3v) is 6.50. The van der Waals surface area contributed by atoms with Gasteiger partial charge in [0.15, 0.2) is 0 Å². The minimum absolute atomic E-state index is 0.00182. The van der Waals surface area contributed by atoms with E-state index in [9.17, 15) is 9.90 Å². The molecule has 1 N–H and O–H groups in total. The van der Waals surface area contributed by atoms with Crippen LogP contribution in [0.15, 0.2) is 46.5 Å². The van der Waals surface area contributed by atoms with E-state index in [0.29, 0.717) is 30.4 Å². The Balaban J connectivity index is 1.98. The standard InChI is InChI=1S/C22H29ClN2O4S/c1-4-30-21-20(22(26)27)15(2)11-19(24-9-10-29-18(13-24)14-28-3)25(21)12-16-5-7-17(23)8-6-16/h5-8,11,18-19H,4,9-10,12-14H2,1-3H3,(H,26,27)/t18-,19?/m1/s1. The lowest BCUT2D eigenvalue weighted by Gasteiger charge is -2.46. The zero-order valence-electron chi connectivity index (χ0n) is 17.6. The number of hydrogen-bond donors (Lipinski definition) is 1. The Morgan fingerprint density at radius 3 is 2.73 bits per heavy atom. The number of aliphatic carboxylic acids is 1. The molecule has 1 aromatic carbocycles. The second-order valence-corrected chi connectivity index (χ2v) is 9.07. The number of thioether (sulfide) groups is 1. The highest BCUT2D eigenvalue weighted by atomic mass is 35.5. The Bertz CT molecular complexity index is 810. The van der Waals surface area contributed by atoms with Gasteiger partial charge in [-0.3, -0.25) is 4.90 Å². The maximum absolute atomic E-state index is 12.1. The third kappa shape index (κ3) is 5.39. The number of rotatable bonds is 8. The van der Waals surface area contributed by atoms with E-state index < -0.39 is 5.97 Å². The highest BCUT2D eigenvalue weighted by Crippen LogP contribution is 2.37. The Morgan fingerprint density at radius 1 is 1.37 bits per heavy atom. The van der Waals surface area contributed by atoms with Crippen molar-refractivity contribution in [2.24, 2.45) is 0 Å². The fourth-order valence-corrected chi connectivity index (χ4v) is 5.04. The van der Waals surface area contributed by atoms with Crippen molar-refractivity contribution in [3.8, 4) is 0 Å². The van der Waals surface area contributed by atoms with Crippen LogP contribution in [0, 0.1) is 0 Å². The lowest BCUT2D eigenvalue weighted by atomic mass is 10.0. The van der Waals surface area contributed by atoms with Gasteiger partial charge in [0.25, 0.3) is 0 Å². The predicted octanol–water partition coefficient (Wildman–Crippen LogP) is 3.82. The number of carbonyl (C=O) groups is 1. The van der Waals surface area contributed by atoms with E-state index >= 15 is 0 Å². The van der Waals surface area contributed by atoms with Gasteiger partial charge in [0.2, 0.25) is 0 Å². The summed E-state index contributed by atoms with van der Waals surface area (Å²) < 4.78 is 11.1. The first-order valence-electron chi connectivity index (χ1n) is 10.1. The number of halogens is 1. The molecule has 2 aliphatic rings. The van der Waals surface area contributed by atoms with E-state index in [1.807, 2.05) is 38.1 Å². The van der Waals surface area contributed by atoms with Crippen molar-refractivity contribution >= 4 is 29.3 Å². The van der Waals surface area contributed by atoms with Crippen LogP contribution in [0.5, 0.6) is 0 Å². The molecule has 6 nitrogen and oxygen atoms in total. The van der Waals surface area contributed by atoms with E-state index in [1.165, 1.54) is 0 Å². The number of morpholine rings is 1. The van der Waals surface area contributed by atoms with Crippen LogP contribution in [0.3, 0.4) is 0 Å². The maximum Gasteiger partial charge on any atom is 0.338 e. The minimum Gasteiger partial charge on any atom is -0.478 e. The predicted molar refractivity (Wildman–Crippen MR) is 121 cm³/mol. The molecule has 3 rings (SSSR count). The van der Waals surface area contributed by atoms with Gasteiger partial charge in [-0.2, -0.15) is 0 Å². The van der Waals surface area contributed by atoms with Crippen LogP contribution in [-0.2, 0) is 20.8 Å². The van der Waals surface area contributed by atoms with Crippen LogP contribution in [0.25, 0.3) is 0 Å². The number of benzene rings is 1. The summed E-state index contributed by atoms with van der Waals surface area (Å²) in [4.78, 5) is 16.7. The molecule has 2 atom stereocenters. The highest BCUT2D eigenvalue weighted by molar-refractivity contribution is 8.03. The van der Waals surface area contributed by atoms with Crippen LogP contribution >= 0.6 is 23.4 Å². The second kappa shape index (κ2) is 10.7. The van der Waals surface area contributed by atoms with Gasteiger partial charge in [-0.05, 0) is 42.0 Å².